The molecule has 1 aliphatic rings. The second-order valence-corrected chi connectivity index (χ2v) is 5.50. The highest BCUT2D eigenvalue weighted by molar-refractivity contribution is 5.42. The Balaban J connectivity index is 1.87. The molecule has 1 unspecified atom stereocenters. The maximum absolute atomic E-state index is 6.52. The fraction of sp³-hybridized carbons (Fsp3) is 0.294. The van der Waals surface area contributed by atoms with E-state index in [4.69, 9.17) is 10.5 Å². The molecule has 19 heavy (non-hydrogen) atoms. The van der Waals surface area contributed by atoms with E-state index in [9.17, 15) is 0 Å². The maximum Gasteiger partial charge on any atom is 0.122 e. The minimum atomic E-state index is -0.348. The van der Waals surface area contributed by atoms with Crippen LogP contribution in [0.25, 0.3) is 0 Å². The van der Waals surface area contributed by atoms with Gasteiger partial charge in [-0.3, -0.25) is 0 Å². The predicted molar refractivity (Wildman–Crippen MR) is 77.3 cm³/mol. The number of ether oxygens (including phenoxy) is 1. The van der Waals surface area contributed by atoms with Crippen LogP contribution in [0.1, 0.15) is 23.6 Å². The van der Waals surface area contributed by atoms with Crippen molar-refractivity contribution in [3.63, 3.8) is 0 Å². The number of hydrogen-bond acceptors (Lipinski definition) is 2. The minimum Gasteiger partial charge on any atom is -0.493 e. The normalized spacial score (nSPS) is 16.5. The summed E-state index contributed by atoms with van der Waals surface area (Å²) in [7, 11) is 0. The first-order chi connectivity index (χ1) is 9.15. The Morgan fingerprint density at radius 2 is 1.95 bits per heavy atom. The zero-order valence-electron chi connectivity index (χ0n) is 11.2. The summed E-state index contributed by atoms with van der Waals surface area (Å²) in [5.74, 6) is 1.01. The highest BCUT2D eigenvalue weighted by Gasteiger charge is 2.24. The summed E-state index contributed by atoms with van der Waals surface area (Å²) in [6, 6.07) is 16.7. The summed E-state index contributed by atoms with van der Waals surface area (Å²) in [5.41, 5.74) is 9.90. The van der Waals surface area contributed by atoms with Crippen LogP contribution in [0.4, 0.5) is 0 Å². The van der Waals surface area contributed by atoms with E-state index in [2.05, 4.69) is 43.3 Å². The lowest BCUT2D eigenvalue weighted by Crippen LogP contribution is -2.35. The Bertz CT molecular complexity index is 575. The zero-order chi connectivity index (χ0) is 13.3. The van der Waals surface area contributed by atoms with E-state index in [1.807, 2.05) is 12.1 Å². The Morgan fingerprint density at radius 3 is 2.74 bits per heavy atom. The monoisotopic (exact) mass is 253 g/mol. The molecule has 0 fully saturated rings. The first kappa shape index (κ1) is 12.2. The van der Waals surface area contributed by atoms with Crippen molar-refractivity contribution in [3.05, 3.63) is 65.2 Å². The second kappa shape index (κ2) is 4.71. The molecule has 0 aliphatic carbocycles. The number of fused-ring (bicyclic) bond motifs is 1. The van der Waals surface area contributed by atoms with Crippen LogP contribution >= 0.6 is 0 Å². The summed E-state index contributed by atoms with van der Waals surface area (Å²) in [4.78, 5) is 0. The molecule has 0 saturated carbocycles. The standard InChI is InChI=1S/C17H19NO/c1-17(18,12-13-5-3-2-4-6-13)15-7-8-16-14(11-15)9-10-19-16/h2-8,11H,9-10,12,18H2,1H3. The molecule has 3 rings (SSSR count). The van der Waals surface area contributed by atoms with Gasteiger partial charge in [0, 0.05) is 12.0 Å². The summed E-state index contributed by atoms with van der Waals surface area (Å²) in [6.45, 7) is 2.89. The molecule has 0 radical (unpaired) electrons. The van der Waals surface area contributed by atoms with E-state index in [0.29, 0.717) is 0 Å². The first-order valence-electron chi connectivity index (χ1n) is 6.74. The molecule has 0 amide bonds. The van der Waals surface area contributed by atoms with E-state index >= 15 is 0 Å². The highest BCUT2D eigenvalue weighted by atomic mass is 16.5. The van der Waals surface area contributed by atoms with Gasteiger partial charge >= 0.3 is 0 Å². The van der Waals surface area contributed by atoms with Gasteiger partial charge in [-0.25, -0.2) is 0 Å². The SMILES string of the molecule is CC(N)(Cc1ccccc1)c1ccc2c(c1)CCO2. The van der Waals surface area contributed by atoms with E-state index in [0.717, 1.165) is 25.2 Å². The fourth-order valence-corrected chi connectivity index (χ4v) is 2.66. The Kier molecular flexibility index (Phi) is 3.03. The van der Waals surface area contributed by atoms with Crippen LogP contribution in [0.3, 0.4) is 0 Å². The molecule has 0 aromatic heterocycles. The summed E-state index contributed by atoms with van der Waals surface area (Å²) >= 11 is 0. The maximum atomic E-state index is 6.52. The van der Waals surface area contributed by atoms with Gasteiger partial charge in [-0.15, -0.1) is 0 Å². The van der Waals surface area contributed by atoms with Crippen molar-refractivity contribution in [1.82, 2.24) is 0 Å². The van der Waals surface area contributed by atoms with Crippen molar-refractivity contribution in [2.75, 3.05) is 6.61 Å². The van der Waals surface area contributed by atoms with Crippen LogP contribution in [0.15, 0.2) is 48.5 Å². The molecule has 1 heterocycles. The second-order valence-electron chi connectivity index (χ2n) is 5.50. The number of rotatable bonds is 3. The predicted octanol–water partition coefficient (Wildman–Crippen LogP) is 3.04. The molecule has 2 nitrogen and oxygen atoms in total. The van der Waals surface area contributed by atoms with Crippen LogP contribution in [0, 0.1) is 0 Å². The molecular weight excluding hydrogens is 234 g/mol. The third-order valence-electron chi connectivity index (χ3n) is 3.76. The summed E-state index contributed by atoms with van der Waals surface area (Å²) in [5, 5.41) is 0. The molecule has 0 saturated heterocycles. The number of hydrogen-bond donors (Lipinski definition) is 1. The van der Waals surface area contributed by atoms with Crippen molar-refractivity contribution < 1.29 is 4.74 Å². The van der Waals surface area contributed by atoms with Crippen LogP contribution in [0.5, 0.6) is 5.75 Å². The molecule has 1 aliphatic heterocycles. The van der Waals surface area contributed by atoms with Gasteiger partial charge in [0.1, 0.15) is 5.75 Å². The summed E-state index contributed by atoms with van der Waals surface area (Å²) < 4.78 is 5.54. The van der Waals surface area contributed by atoms with Crippen molar-refractivity contribution in [3.8, 4) is 5.75 Å². The van der Waals surface area contributed by atoms with Crippen molar-refractivity contribution in [1.29, 1.82) is 0 Å². The Morgan fingerprint density at radius 1 is 1.16 bits per heavy atom. The average Bonchev–Trinajstić information content (AvgIpc) is 2.86. The van der Waals surface area contributed by atoms with Crippen LogP contribution < -0.4 is 10.5 Å². The van der Waals surface area contributed by atoms with E-state index < -0.39 is 0 Å². The lowest BCUT2D eigenvalue weighted by molar-refractivity contribution is 0.356. The molecule has 2 aromatic carbocycles. The van der Waals surface area contributed by atoms with Gasteiger partial charge in [0.15, 0.2) is 0 Å². The lowest BCUT2D eigenvalue weighted by atomic mass is 9.85. The van der Waals surface area contributed by atoms with Crippen molar-refractivity contribution >= 4 is 0 Å². The number of nitrogens with two attached hydrogens (primary N) is 1. The largest absolute Gasteiger partial charge is 0.493 e. The third-order valence-corrected chi connectivity index (χ3v) is 3.76. The topological polar surface area (TPSA) is 35.2 Å². The van der Waals surface area contributed by atoms with Crippen molar-refractivity contribution in [2.45, 2.75) is 25.3 Å². The van der Waals surface area contributed by atoms with Gasteiger partial charge in [-0.2, -0.15) is 0 Å². The van der Waals surface area contributed by atoms with E-state index in [-0.39, 0.29) is 5.54 Å². The van der Waals surface area contributed by atoms with Crippen LogP contribution in [0.2, 0.25) is 0 Å². The van der Waals surface area contributed by atoms with E-state index in [1.165, 1.54) is 16.7 Å². The molecule has 0 spiro atoms. The molecule has 98 valence electrons. The molecule has 0 bridgehead atoms. The lowest BCUT2D eigenvalue weighted by Gasteiger charge is -2.26. The number of benzene rings is 2. The van der Waals surface area contributed by atoms with Gasteiger partial charge in [0.05, 0.1) is 6.61 Å². The molecule has 2 heteroatoms. The molecule has 1 atom stereocenters. The quantitative estimate of drug-likeness (QED) is 0.912. The Hall–Kier alpha value is -1.80. The van der Waals surface area contributed by atoms with Crippen LogP contribution in [-0.4, -0.2) is 6.61 Å². The van der Waals surface area contributed by atoms with Crippen LogP contribution in [-0.2, 0) is 18.4 Å². The van der Waals surface area contributed by atoms with E-state index in [1.54, 1.807) is 0 Å². The molecule has 2 aromatic rings. The van der Waals surface area contributed by atoms with Gasteiger partial charge in [-0.1, -0.05) is 42.5 Å². The average molecular weight is 253 g/mol. The smallest absolute Gasteiger partial charge is 0.122 e. The molecule has 2 N–H and O–H groups in total. The fourth-order valence-electron chi connectivity index (χ4n) is 2.66. The first-order valence-corrected chi connectivity index (χ1v) is 6.74. The van der Waals surface area contributed by atoms with Gasteiger partial charge in [0.2, 0.25) is 0 Å². The highest BCUT2D eigenvalue weighted by Crippen LogP contribution is 2.31. The van der Waals surface area contributed by atoms with Gasteiger partial charge in [-0.05, 0) is 36.1 Å². The zero-order valence-corrected chi connectivity index (χ0v) is 11.2. The Labute approximate surface area is 114 Å². The van der Waals surface area contributed by atoms with Gasteiger partial charge in [0.25, 0.3) is 0 Å². The van der Waals surface area contributed by atoms with Crippen molar-refractivity contribution in [2.24, 2.45) is 5.73 Å². The summed E-state index contributed by atoms with van der Waals surface area (Å²) in [6.07, 6.45) is 1.83. The molecular formula is C17H19NO. The third kappa shape index (κ3) is 2.49. The van der Waals surface area contributed by atoms with Gasteiger partial charge < -0.3 is 10.5 Å². The minimum absolute atomic E-state index is 0.348.